The number of anilines is 1. The van der Waals surface area contributed by atoms with Gasteiger partial charge < -0.3 is 10.1 Å². The van der Waals surface area contributed by atoms with Crippen LogP contribution in [0.1, 0.15) is 4.88 Å². The minimum absolute atomic E-state index is 0.687. The van der Waals surface area contributed by atoms with Gasteiger partial charge in [0.25, 0.3) is 0 Å². The third kappa shape index (κ3) is 1.74. The third-order valence-electron chi connectivity index (χ3n) is 2.36. The summed E-state index contributed by atoms with van der Waals surface area (Å²) in [6, 6.07) is 2.05. The summed E-state index contributed by atoms with van der Waals surface area (Å²) in [5.74, 6) is 1.39. The van der Waals surface area contributed by atoms with E-state index in [9.17, 15) is 0 Å². The lowest BCUT2D eigenvalue weighted by atomic mass is 10.1. The molecule has 0 saturated heterocycles. The van der Waals surface area contributed by atoms with Crippen molar-refractivity contribution in [3.05, 3.63) is 22.7 Å². The fourth-order valence-corrected chi connectivity index (χ4v) is 2.27. The van der Waals surface area contributed by atoms with E-state index < -0.39 is 0 Å². The van der Waals surface area contributed by atoms with E-state index in [1.807, 2.05) is 18.5 Å². The Morgan fingerprint density at radius 1 is 1.38 bits per heavy atom. The fraction of sp³-hybridized carbons (Fsp3) is 0.273. The summed E-state index contributed by atoms with van der Waals surface area (Å²) in [6.07, 6.45) is 1.54. The van der Waals surface area contributed by atoms with Gasteiger partial charge in [-0.15, -0.1) is 11.3 Å². The molecular weight excluding hydrogens is 222 g/mol. The maximum absolute atomic E-state index is 5.36. The number of hydrogen-bond acceptors (Lipinski definition) is 5. The van der Waals surface area contributed by atoms with Crippen LogP contribution in [-0.2, 0) is 0 Å². The second-order valence-corrected chi connectivity index (χ2v) is 4.36. The van der Waals surface area contributed by atoms with Crippen LogP contribution < -0.4 is 10.1 Å². The molecule has 2 aromatic heterocycles. The monoisotopic (exact) mass is 235 g/mol. The van der Waals surface area contributed by atoms with Crippen molar-refractivity contribution in [2.24, 2.45) is 0 Å². The van der Waals surface area contributed by atoms with Crippen molar-refractivity contribution >= 4 is 17.2 Å². The Morgan fingerprint density at radius 3 is 2.75 bits per heavy atom. The zero-order valence-corrected chi connectivity index (χ0v) is 10.3. The maximum Gasteiger partial charge on any atom is 0.187 e. The first-order valence-electron chi connectivity index (χ1n) is 4.89. The Labute approximate surface area is 98.3 Å². The van der Waals surface area contributed by atoms with Crippen LogP contribution in [-0.4, -0.2) is 24.1 Å². The average molecular weight is 235 g/mol. The minimum Gasteiger partial charge on any atom is -0.491 e. The van der Waals surface area contributed by atoms with Crippen molar-refractivity contribution in [1.29, 1.82) is 0 Å². The maximum atomic E-state index is 5.36. The average Bonchev–Trinajstić information content (AvgIpc) is 2.74. The number of nitrogens with one attached hydrogen (secondary N) is 1. The number of nitrogens with zero attached hydrogens (tertiary/aromatic N) is 2. The molecule has 0 saturated carbocycles. The van der Waals surface area contributed by atoms with Gasteiger partial charge in [-0.1, -0.05) is 0 Å². The van der Waals surface area contributed by atoms with Gasteiger partial charge >= 0.3 is 0 Å². The van der Waals surface area contributed by atoms with Crippen LogP contribution in [0.2, 0.25) is 0 Å². The molecule has 2 aromatic rings. The van der Waals surface area contributed by atoms with Crippen molar-refractivity contribution in [1.82, 2.24) is 9.97 Å². The molecule has 0 aromatic carbocycles. The van der Waals surface area contributed by atoms with Crippen LogP contribution in [0.15, 0.2) is 17.8 Å². The highest BCUT2D eigenvalue weighted by Gasteiger charge is 2.14. The first-order chi connectivity index (χ1) is 7.77. The van der Waals surface area contributed by atoms with Crippen molar-refractivity contribution < 1.29 is 4.74 Å². The lowest BCUT2D eigenvalue weighted by molar-refractivity contribution is 0.415. The highest BCUT2D eigenvalue weighted by Crippen LogP contribution is 2.35. The van der Waals surface area contributed by atoms with Gasteiger partial charge in [-0.2, -0.15) is 0 Å². The Kier molecular flexibility index (Phi) is 3.05. The molecule has 0 spiro atoms. The van der Waals surface area contributed by atoms with Crippen LogP contribution in [0.3, 0.4) is 0 Å². The third-order valence-corrected chi connectivity index (χ3v) is 3.20. The summed E-state index contributed by atoms with van der Waals surface area (Å²) in [7, 11) is 3.44. The molecule has 5 heteroatoms. The largest absolute Gasteiger partial charge is 0.491 e. The summed E-state index contributed by atoms with van der Waals surface area (Å²) in [5, 5.41) is 5.04. The van der Waals surface area contributed by atoms with Crippen molar-refractivity contribution in [2.75, 3.05) is 19.5 Å². The van der Waals surface area contributed by atoms with Crippen LogP contribution >= 0.6 is 11.3 Å². The molecule has 0 aliphatic carbocycles. The Balaban J connectivity index is 2.61. The molecular formula is C11H13N3OS. The number of hydrogen-bond donors (Lipinski definition) is 1. The van der Waals surface area contributed by atoms with E-state index in [-0.39, 0.29) is 0 Å². The number of thiophene rings is 1. The molecule has 0 aliphatic rings. The van der Waals surface area contributed by atoms with Gasteiger partial charge in [0.1, 0.15) is 12.0 Å². The second-order valence-electron chi connectivity index (χ2n) is 3.24. The van der Waals surface area contributed by atoms with E-state index in [2.05, 4.69) is 22.2 Å². The fourth-order valence-electron chi connectivity index (χ4n) is 1.57. The summed E-state index contributed by atoms with van der Waals surface area (Å²) < 4.78 is 5.36. The van der Waals surface area contributed by atoms with E-state index in [0.717, 1.165) is 11.3 Å². The van der Waals surface area contributed by atoms with Crippen LogP contribution in [0, 0.1) is 6.92 Å². The molecule has 0 atom stereocenters. The van der Waals surface area contributed by atoms with E-state index >= 15 is 0 Å². The topological polar surface area (TPSA) is 47.0 Å². The summed E-state index contributed by atoms with van der Waals surface area (Å²) in [5.41, 5.74) is 1.93. The second kappa shape index (κ2) is 4.49. The number of aromatic nitrogens is 2. The smallest absolute Gasteiger partial charge is 0.187 e. The van der Waals surface area contributed by atoms with Crippen molar-refractivity contribution in [2.45, 2.75) is 6.92 Å². The number of aryl methyl sites for hydroxylation is 1. The lowest BCUT2D eigenvalue weighted by Crippen LogP contribution is -2.00. The number of rotatable bonds is 3. The molecule has 0 unspecified atom stereocenters. The van der Waals surface area contributed by atoms with Gasteiger partial charge in [-0.3, -0.25) is 0 Å². The van der Waals surface area contributed by atoms with Gasteiger partial charge in [-0.25, -0.2) is 9.97 Å². The molecule has 0 bridgehead atoms. The molecule has 1 N–H and O–H groups in total. The summed E-state index contributed by atoms with van der Waals surface area (Å²) in [6.45, 7) is 2.07. The van der Waals surface area contributed by atoms with Crippen LogP contribution in [0.25, 0.3) is 11.3 Å². The van der Waals surface area contributed by atoms with Crippen LogP contribution in [0.4, 0.5) is 5.82 Å². The standard InChI is InChI=1S/C11H13N3OS/c1-7-8(4-5-16-7)9-10(15-3)11(12-2)14-6-13-9/h4-6H,1-3H3,(H,12,13,14). The first kappa shape index (κ1) is 10.9. The van der Waals surface area contributed by atoms with Gasteiger partial charge in [0.15, 0.2) is 11.6 Å². The highest BCUT2D eigenvalue weighted by atomic mass is 32.1. The van der Waals surface area contributed by atoms with E-state index in [1.54, 1.807) is 24.8 Å². The van der Waals surface area contributed by atoms with Gasteiger partial charge in [0.2, 0.25) is 0 Å². The Morgan fingerprint density at radius 2 is 2.19 bits per heavy atom. The van der Waals surface area contributed by atoms with Gasteiger partial charge in [-0.05, 0) is 18.4 Å². The van der Waals surface area contributed by atoms with Crippen molar-refractivity contribution in [3.63, 3.8) is 0 Å². The molecule has 16 heavy (non-hydrogen) atoms. The molecule has 0 amide bonds. The zero-order chi connectivity index (χ0) is 11.5. The van der Waals surface area contributed by atoms with Crippen LogP contribution in [0.5, 0.6) is 5.75 Å². The van der Waals surface area contributed by atoms with Gasteiger partial charge in [0, 0.05) is 17.5 Å². The number of ether oxygens (including phenoxy) is 1. The molecule has 0 aliphatic heterocycles. The SMILES string of the molecule is CNc1ncnc(-c2ccsc2C)c1OC. The van der Waals surface area contributed by atoms with E-state index in [1.165, 1.54) is 4.88 Å². The van der Waals surface area contributed by atoms with E-state index in [0.29, 0.717) is 11.6 Å². The normalized spacial score (nSPS) is 10.2. The predicted octanol–water partition coefficient (Wildman–Crippen LogP) is 2.56. The highest BCUT2D eigenvalue weighted by molar-refractivity contribution is 7.10. The molecule has 2 rings (SSSR count). The van der Waals surface area contributed by atoms with E-state index in [4.69, 9.17) is 4.74 Å². The summed E-state index contributed by atoms with van der Waals surface area (Å²) in [4.78, 5) is 9.64. The van der Waals surface area contributed by atoms with Crippen molar-refractivity contribution in [3.8, 4) is 17.0 Å². The molecule has 84 valence electrons. The zero-order valence-electron chi connectivity index (χ0n) is 9.44. The minimum atomic E-state index is 0.687. The first-order valence-corrected chi connectivity index (χ1v) is 5.77. The summed E-state index contributed by atoms with van der Waals surface area (Å²) >= 11 is 1.70. The lowest BCUT2D eigenvalue weighted by Gasteiger charge is -2.10. The Hall–Kier alpha value is -1.62. The molecule has 0 radical (unpaired) electrons. The number of methoxy groups -OCH3 is 1. The van der Waals surface area contributed by atoms with Gasteiger partial charge in [0.05, 0.1) is 7.11 Å². The molecule has 4 nitrogen and oxygen atoms in total. The Bertz CT molecular complexity index is 496. The molecule has 0 fully saturated rings. The predicted molar refractivity (Wildman–Crippen MR) is 66.2 cm³/mol. The quantitative estimate of drug-likeness (QED) is 0.888. The molecule has 2 heterocycles.